The summed E-state index contributed by atoms with van der Waals surface area (Å²) in [6, 6.07) is 7.67. The van der Waals surface area contributed by atoms with Crippen LogP contribution in [0.5, 0.6) is 0 Å². The number of rotatable bonds is 4. The molecule has 0 fully saturated rings. The van der Waals surface area contributed by atoms with Gasteiger partial charge in [0, 0.05) is 31.7 Å². The number of pyridine rings is 1. The van der Waals surface area contributed by atoms with Gasteiger partial charge in [0.15, 0.2) is 0 Å². The summed E-state index contributed by atoms with van der Waals surface area (Å²) in [4.78, 5) is 16.3. The van der Waals surface area contributed by atoms with Crippen molar-refractivity contribution in [3.05, 3.63) is 58.9 Å². The van der Waals surface area contributed by atoms with Crippen LogP contribution < -0.4 is 10.6 Å². The third kappa shape index (κ3) is 3.15. The SMILES string of the molecule is CNc1cc(C)ccc1C(=O)NCc1cnccc1C. The fourth-order valence-electron chi connectivity index (χ4n) is 2.02. The molecular formula is C16H19N3O. The number of amides is 1. The first-order valence-electron chi connectivity index (χ1n) is 6.58. The Labute approximate surface area is 119 Å². The fourth-order valence-corrected chi connectivity index (χ4v) is 2.02. The molecule has 0 aliphatic heterocycles. The van der Waals surface area contributed by atoms with Gasteiger partial charge in [-0.15, -0.1) is 0 Å². The Morgan fingerprint density at radius 2 is 2.05 bits per heavy atom. The van der Waals surface area contributed by atoms with Crippen molar-refractivity contribution < 1.29 is 4.79 Å². The molecule has 0 radical (unpaired) electrons. The van der Waals surface area contributed by atoms with E-state index < -0.39 is 0 Å². The van der Waals surface area contributed by atoms with Gasteiger partial charge in [-0.05, 0) is 48.7 Å². The Balaban J connectivity index is 2.11. The molecule has 4 heteroatoms. The Morgan fingerprint density at radius 3 is 2.75 bits per heavy atom. The van der Waals surface area contributed by atoms with E-state index in [0.29, 0.717) is 12.1 Å². The van der Waals surface area contributed by atoms with Gasteiger partial charge < -0.3 is 10.6 Å². The molecule has 4 nitrogen and oxygen atoms in total. The highest BCUT2D eigenvalue weighted by atomic mass is 16.1. The number of hydrogen-bond acceptors (Lipinski definition) is 3. The minimum absolute atomic E-state index is 0.0856. The number of aromatic nitrogens is 1. The molecule has 1 aromatic carbocycles. The van der Waals surface area contributed by atoms with Gasteiger partial charge in [0.2, 0.25) is 0 Å². The third-order valence-electron chi connectivity index (χ3n) is 3.28. The molecule has 20 heavy (non-hydrogen) atoms. The molecule has 1 heterocycles. The van der Waals surface area contributed by atoms with Crippen molar-refractivity contribution >= 4 is 11.6 Å². The molecule has 0 atom stereocenters. The van der Waals surface area contributed by atoms with E-state index in [1.54, 1.807) is 12.4 Å². The van der Waals surface area contributed by atoms with Crippen molar-refractivity contribution in [2.45, 2.75) is 20.4 Å². The number of carbonyl (C=O) groups excluding carboxylic acids is 1. The second-order valence-electron chi connectivity index (χ2n) is 4.78. The number of anilines is 1. The Morgan fingerprint density at radius 1 is 1.25 bits per heavy atom. The van der Waals surface area contributed by atoms with Crippen LogP contribution in [0.2, 0.25) is 0 Å². The summed E-state index contributed by atoms with van der Waals surface area (Å²) < 4.78 is 0. The molecular weight excluding hydrogens is 250 g/mol. The van der Waals surface area contributed by atoms with Crippen LogP contribution in [0.25, 0.3) is 0 Å². The van der Waals surface area contributed by atoms with Gasteiger partial charge >= 0.3 is 0 Å². The number of hydrogen-bond donors (Lipinski definition) is 2. The smallest absolute Gasteiger partial charge is 0.253 e. The lowest BCUT2D eigenvalue weighted by molar-refractivity contribution is 0.0951. The van der Waals surface area contributed by atoms with Crippen LogP contribution in [-0.4, -0.2) is 17.9 Å². The molecule has 0 spiro atoms. The van der Waals surface area contributed by atoms with Crippen molar-refractivity contribution in [2.75, 3.05) is 12.4 Å². The molecule has 0 saturated heterocycles. The quantitative estimate of drug-likeness (QED) is 0.897. The topological polar surface area (TPSA) is 54.0 Å². The molecule has 2 aromatic rings. The number of benzene rings is 1. The summed E-state index contributed by atoms with van der Waals surface area (Å²) in [6.45, 7) is 4.49. The summed E-state index contributed by atoms with van der Waals surface area (Å²) in [5.41, 5.74) is 4.76. The van der Waals surface area contributed by atoms with Gasteiger partial charge in [0.25, 0.3) is 5.91 Å². The van der Waals surface area contributed by atoms with Crippen LogP contribution in [0, 0.1) is 13.8 Å². The second kappa shape index (κ2) is 6.19. The molecule has 0 aliphatic rings. The third-order valence-corrected chi connectivity index (χ3v) is 3.28. The van der Waals surface area contributed by atoms with Gasteiger partial charge in [-0.1, -0.05) is 6.07 Å². The van der Waals surface area contributed by atoms with E-state index in [9.17, 15) is 4.79 Å². The second-order valence-corrected chi connectivity index (χ2v) is 4.78. The van der Waals surface area contributed by atoms with Crippen molar-refractivity contribution in [1.82, 2.24) is 10.3 Å². The molecule has 0 saturated carbocycles. The lowest BCUT2D eigenvalue weighted by Gasteiger charge is -2.11. The molecule has 104 valence electrons. The van der Waals surface area contributed by atoms with Crippen molar-refractivity contribution in [2.24, 2.45) is 0 Å². The standard InChI is InChI=1S/C16H19N3O/c1-11-4-5-14(15(8-11)17-3)16(20)19-10-13-9-18-7-6-12(13)2/h4-9,17H,10H2,1-3H3,(H,19,20). The first kappa shape index (κ1) is 14.1. The zero-order valence-electron chi connectivity index (χ0n) is 12.0. The van der Waals surface area contributed by atoms with Crippen LogP contribution in [0.3, 0.4) is 0 Å². The normalized spacial score (nSPS) is 10.2. The van der Waals surface area contributed by atoms with Crippen LogP contribution in [0.4, 0.5) is 5.69 Å². The van der Waals surface area contributed by atoms with Gasteiger partial charge in [-0.25, -0.2) is 0 Å². The maximum atomic E-state index is 12.2. The largest absolute Gasteiger partial charge is 0.387 e. The van der Waals surface area contributed by atoms with Crippen molar-refractivity contribution in [3.8, 4) is 0 Å². The average molecular weight is 269 g/mol. The van der Waals surface area contributed by atoms with Crippen molar-refractivity contribution in [1.29, 1.82) is 0 Å². The van der Waals surface area contributed by atoms with Crippen LogP contribution in [0.1, 0.15) is 27.0 Å². The molecule has 2 N–H and O–H groups in total. The summed E-state index contributed by atoms with van der Waals surface area (Å²) in [6.07, 6.45) is 3.53. The monoisotopic (exact) mass is 269 g/mol. The van der Waals surface area contributed by atoms with E-state index >= 15 is 0 Å². The number of nitrogens with one attached hydrogen (secondary N) is 2. The highest BCUT2D eigenvalue weighted by Gasteiger charge is 2.10. The van der Waals surface area contributed by atoms with Gasteiger partial charge in [-0.3, -0.25) is 9.78 Å². The Bertz CT molecular complexity index is 623. The van der Waals surface area contributed by atoms with Crippen molar-refractivity contribution in [3.63, 3.8) is 0 Å². The number of aryl methyl sites for hydroxylation is 2. The molecule has 0 aliphatic carbocycles. The van der Waals surface area contributed by atoms with E-state index in [2.05, 4.69) is 15.6 Å². The van der Waals surface area contributed by atoms with Gasteiger partial charge in [0.05, 0.1) is 5.56 Å². The predicted molar refractivity (Wildman–Crippen MR) is 80.9 cm³/mol. The van der Waals surface area contributed by atoms with Gasteiger partial charge in [0.1, 0.15) is 0 Å². The van der Waals surface area contributed by atoms with Crippen LogP contribution in [-0.2, 0) is 6.54 Å². The van der Waals surface area contributed by atoms with E-state index in [1.807, 2.05) is 45.2 Å². The van der Waals surface area contributed by atoms with E-state index in [1.165, 1.54) is 0 Å². The van der Waals surface area contributed by atoms with Gasteiger partial charge in [-0.2, -0.15) is 0 Å². The molecule has 1 aromatic heterocycles. The minimum Gasteiger partial charge on any atom is -0.387 e. The maximum Gasteiger partial charge on any atom is 0.253 e. The highest BCUT2D eigenvalue weighted by molar-refractivity contribution is 5.99. The number of nitrogens with zero attached hydrogens (tertiary/aromatic N) is 1. The first-order chi connectivity index (χ1) is 9.61. The molecule has 1 amide bonds. The first-order valence-corrected chi connectivity index (χ1v) is 6.58. The summed E-state index contributed by atoms with van der Waals surface area (Å²) in [5.74, 6) is -0.0856. The zero-order chi connectivity index (χ0) is 14.5. The van der Waals surface area contributed by atoms with E-state index in [0.717, 1.165) is 22.4 Å². The Hall–Kier alpha value is -2.36. The highest BCUT2D eigenvalue weighted by Crippen LogP contribution is 2.17. The zero-order valence-corrected chi connectivity index (χ0v) is 12.0. The molecule has 0 unspecified atom stereocenters. The maximum absolute atomic E-state index is 12.2. The van der Waals surface area contributed by atoms with E-state index in [4.69, 9.17) is 0 Å². The lowest BCUT2D eigenvalue weighted by atomic mass is 10.1. The Kier molecular flexibility index (Phi) is 4.35. The summed E-state index contributed by atoms with van der Waals surface area (Å²) in [5, 5.41) is 5.99. The lowest BCUT2D eigenvalue weighted by Crippen LogP contribution is -2.24. The molecule has 0 bridgehead atoms. The molecule has 2 rings (SSSR count). The summed E-state index contributed by atoms with van der Waals surface area (Å²) >= 11 is 0. The fraction of sp³-hybridized carbons (Fsp3) is 0.250. The summed E-state index contributed by atoms with van der Waals surface area (Å²) in [7, 11) is 1.82. The number of carbonyl (C=O) groups is 1. The predicted octanol–water partition coefficient (Wildman–Crippen LogP) is 2.67. The van der Waals surface area contributed by atoms with Crippen LogP contribution >= 0.6 is 0 Å². The average Bonchev–Trinajstić information content (AvgIpc) is 2.46. The van der Waals surface area contributed by atoms with E-state index in [-0.39, 0.29) is 5.91 Å². The van der Waals surface area contributed by atoms with Crippen LogP contribution in [0.15, 0.2) is 36.7 Å². The minimum atomic E-state index is -0.0856.